The Morgan fingerprint density at radius 2 is 1.83 bits per heavy atom. The third-order valence-electron chi connectivity index (χ3n) is 6.22. The smallest absolute Gasteiger partial charge is 0.386 e. The molecular weight excluding hydrogens is 483 g/mol. The molecule has 1 atom stereocenters. The van der Waals surface area contributed by atoms with Crippen molar-refractivity contribution in [1.82, 2.24) is 24.4 Å². The van der Waals surface area contributed by atoms with Gasteiger partial charge < -0.3 is 19.9 Å². The highest BCUT2D eigenvalue weighted by molar-refractivity contribution is 5.89. The van der Waals surface area contributed by atoms with E-state index in [-0.39, 0.29) is 36.7 Å². The first-order chi connectivity index (χ1) is 17.1. The number of rotatable bonds is 4. The van der Waals surface area contributed by atoms with Crippen molar-refractivity contribution in [2.75, 3.05) is 49.1 Å². The lowest BCUT2D eigenvalue weighted by Gasteiger charge is -2.32. The lowest BCUT2D eigenvalue weighted by molar-refractivity contribution is -0.203. The van der Waals surface area contributed by atoms with Gasteiger partial charge >= 0.3 is 18.1 Å². The largest absolute Gasteiger partial charge is 0.491 e. The molecule has 0 amide bonds. The van der Waals surface area contributed by atoms with Gasteiger partial charge in [0.05, 0.1) is 12.5 Å². The lowest BCUT2D eigenvalue weighted by atomic mass is 9.98. The van der Waals surface area contributed by atoms with E-state index >= 15 is 0 Å². The van der Waals surface area contributed by atoms with Crippen LogP contribution in [0.2, 0.25) is 0 Å². The molecule has 0 spiro atoms. The molecule has 0 saturated carbocycles. The minimum Gasteiger partial charge on any atom is -0.386 e. The molecule has 2 aliphatic heterocycles. The summed E-state index contributed by atoms with van der Waals surface area (Å²) in [4.78, 5) is 49.7. The summed E-state index contributed by atoms with van der Waals surface area (Å²) in [6, 6.07) is 0. The number of nitrogens with zero attached hydrogens (tertiary/aromatic N) is 6. The molecule has 0 bridgehead atoms. The van der Waals surface area contributed by atoms with Gasteiger partial charge in [-0.25, -0.2) is 4.79 Å². The van der Waals surface area contributed by atoms with Crippen molar-refractivity contribution < 1.29 is 27.5 Å². The molecule has 0 radical (unpaired) electrons. The molecule has 2 aromatic heterocycles. The summed E-state index contributed by atoms with van der Waals surface area (Å²) in [5.74, 6) is 1.84. The van der Waals surface area contributed by atoms with Gasteiger partial charge in [-0.1, -0.05) is 5.92 Å². The zero-order chi connectivity index (χ0) is 26.0. The fourth-order valence-electron chi connectivity index (χ4n) is 4.42. The summed E-state index contributed by atoms with van der Waals surface area (Å²) in [5.41, 5.74) is 0.150. The molecule has 0 unspecified atom stereocenters. The van der Waals surface area contributed by atoms with Crippen LogP contribution >= 0.6 is 0 Å². The lowest BCUT2D eigenvalue weighted by Crippen LogP contribution is -2.44. The Morgan fingerprint density at radius 1 is 1.14 bits per heavy atom. The van der Waals surface area contributed by atoms with Gasteiger partial charge in [0.1, 0.15) is 0 Å². The minimum absolute atomic E-state index is 0.0531. The Hall–Kier alpha value is -3.60. The minimum atomic E-state index is -5.26. The number of carbonyl (C=O) groups is 2. The Bertz CT molecular complexity index is 1280. The molecule has 1 N–H and O–H groups in total. The third kappa shape index (κ3) is 5.01. The van der Waals surface area contributed by atoms with Crippen molar-refractivity contribution >= 4 is 35.0 Å². The van der Waals surface area contributed by atoms with Gasteiger partial charge in [0.2, 0.25) is 11.9 Å². The van der Waals surface area contributed by atoms with Gasteiger partial charge in [-0.15, -0.1) is 5.92 Å². The number of hydrogen-bond donors (Lipinski definition) is 1. The Morgan fingerprint density at radius 3 is 2.50 bits per heavy atom. The van der Waals surface area contributed by atoms with E-state index in [4.69, 9.17) is 0 Å². The van der Waals surface area contributed by atoms with Crippen LogP contribution in [0.15, 0.2) is 4.79 Å². The van der Waals surface area contributed by atoms with E-state index in [1.807, 2.05) is 0 Å². The number of piperazine rings is 1. The van der Waals surface area contributed by atoms with Gasteiger partial charge in [0.25, 0.3) is 5.56 Å². The highest BCUT2D eigenvalue weighted by atomic mass is 19.4. The second kappa shape index (κ2) is 10.2. The van der Waals surface area contributed by atoms with Gasteiger partial charge in [-0.3, -0.25) is 18.7 Å². The first-order valence-corrected chi connectivity index (χ1v) is 11.5. The zero-order valence-electron chi connectivity index (χ0n) is 19.9. The molecule has 194 valence electrons. The molecule has 36 heavy (non-hydrogen) atoms. The Balaban J connectivity index is 1.67. The molecular formula is C22H26F3N7O4. The number of nitrogens with one attached hydrogen (secondary N) is 1. The summed E-state index contributed by atoms with van der Waals surface area (Å²) in [6.07, 6.45) is -4.59. The van der Waals surface area contributed by atoms with E-state index < -0.39 is 24.0 Å². The first kappa shape index (κ1) is 25.5. The predicted octanol–water partition coefficient (Wildman–Crippen LogP) is 0.411. The van der Waals surface area contributed by atoms with Crippen LogP contribution < -0.4 is 20.7 Å². The molecule has 2 aliphatic rings. The number of esters is 2. The average molecular weight is 509 g/mol. The van der Waals surface area contributed by atoms with E-state index in [2.05, 4.69) is 36.8 Å². The van der Waals surface area contributed by atoms with Crippen LogP contribution in [0.5, 0.6) is 0 Å². The van der Waals surface area contributed by atoms with Crippen molar-refractivity contribution in [3.05, 3.63) is 10.4 Å². The van der Waals surface area contributed by atoms with Crippen molar-refractivity contribution in [1.29, 1.82) is 0 Å². The Kier molecular flexibility index (Phi) is 7.21. The van der Waals surface area contributed by atoms with E-state index in [0.717, 1.165) is 13.1 Å². The highest BCUT2D eigenvalue weighted by Crippen LogP contribution is 2.26. The number of carbonyl (C=O) groups excluding carboxylic acids is 2. The zero-order valence-corrected chi connectivity index (χ0v) is 19.9. The second-order valence-corrected chi connectivity index (χ2v) is 8.60. The van der Waals surface area contributed by atoms with E-state index in [1.54, 1.807) is 16.4 Å². The van der Waals surface area contributed by atoms with E-state index in [9.17, 15) is 27.6 Å². The predicted molar refractivity (Wildman–Crippen MR) is 123 cm³/mol. The quantitative estimate of drug-likeness (QED) is 0.356. The summed E-state index contributed by atoms with van der Waals surface area (Å²) in [6.45, 7) is 5.25. The number of halogens is 3. The van der Waals surface area contributed by atoms with Crippen molar-refractivity contribution in [2.45, 2.75) is 32.5 Å². The molecule has 2 fully saturated rings. The standard InChI is InChI=1S/C22H26F3N7O4/c1-3-4-10-32-15-16(28-21(32)30-11-7-26-8-12-30)27-20(29(2)17(15)33)31-9-5-6-14(13-31)18(34)36-19(35)22(23,24)25/h14,26H,5-13H2,1-2H3/t14-/m1/s1. The Labute approximate surface area is 204 Å². The summed E-state index contributed by atoms with van der Waals surface area (Å²) < 4.78 is 44.6. The second-order valence-electron chi connectivity index (χ2n) is 8.60. The van der Waals surface area contributed by atoms with Crippen LogP contribution in [0, 0.1) is 17.8 Å². The van der Waals surface area contributed by atoms with Crippen molar-refractivity contribution in [2.24, 2.45) is 13.0 Å². The SMILES string of the molecule is CC#CCn1c(N2CCNCC2)nc2nc(N3CCC[C@@H](C(=O)OC(=O)C(F)(F)F)C3)n(C)c(=O)c21. The highest BCUT2D eigenvalue weighted by Gasteiger charge is 2.44. The fourth-order valence-corrected chi connectivity index (χ4v) is 4.42. The molecule has 4 rings (SSSR count). The monoisotopic (exact) mass is 509 g/mol. The number of ether oxygens (including phenoxy) is 1. The summed E-state index contributed by atoms with van der Waals surface area (Å²) >= 11 is 0. The maximum absolute atomic E-state index is 13.4. The van der Waals surface area contributed by atoms with E-state index in [0.29, 0.717) is 37.5 Å². The van der Waals surface area contributed by atoms with E-state index in [1.165, 1.54) is 11.6 Å². The maximum atomic E-state index is 13.4. The van der Waals surface area contributed by atoms with Gasteiger partial charge in [0.15, 0.2) is 11.2 Å². The number of alkyl halides is 3. The molecule has 2 aromatic rings. The number of piperidine rings is 1. The summed E-state index contributed by atoms with van der Waals surface area (Å²) in [7, 11) is 1.53. The summed E-state index contributed by atoms with van der Waals surface area (Å²) in [5, 5.41) is 3.27. The van der Waals surface area contributed by atoms with Crippen LogP contribution in [0.3, 0.4) is 0 Å². The van der Waals surface area contributed by atoms with Crippen molar-refractivity contribution in [3.8, 4) is 11.8 Å². The topological polar surface area (TPSA) is 115 Å². The molecule has 2 saturated heterocycles. The fraction of sp³-hybridized carbons (Fsp3) is 0.591. The third-order valence-corrected chi connectivity index (χ3v) is 6.22. The number of anilines is 2. The molecule has 0 aromatic carbocycles. The molecule has 4 heterocycles. The van der Waals surface area contributed by atoms with Crippen LogP contribution in [0.1, 0.15) is 19.8 Å². The van der Waals surface area contributed by atoms with Crippen LogP contribution in [-0.2, 0) is 27.9 Å². The van der Waals surface area contributed by atoms with Gasteiger partial charge in [-0.05, 0) is 19.8 Å². The van der Waals surface area contributed by atoms with Crippen LogP contribution in [0.4, 0.5) is 25.1 Å². The van der Waals surface area contributed by atoms with Crippen molar-refractivity contribution in [3.63, 3.8) is 0 Å². The number of hydrogen-bond acceptors (Lipinski definition) is 9. The molecule has 14 heteroatoms. The van der Waals surface area contributed by atoms with Gasteiger partial charge in [0, 0.05) is 46.3 Å². The van der Waals surface area contributed by atoms with Crippen LogP contribution in [-0.4, -0.2) is 76.5 Å². The average Bonchev–Trinajstić information content (AvgIpc) is 3.23. The van der Waals surface area contributed by atoms with Gasteiger partial charge in [-0.2, -0.15) is 23.1 Å². The van der Waals surface area contributed by atoms with Crippen LogP contribution in [0.25, 0.3) is 11.2 Å². The molecule has 11 nitrogen and oxygen atoms in total. The first-order valence-electron chi connectivity index (χ1n) is 11.5. The molecule has 0 aliphatic carbocycles. The number of imidazole rings is 1. The number of fused-ring (bicyclic) bond motifs is 1. The maximum Gasteiger partial charge on any atom is 0.491 e. The normalized spacial score (nSPS) is 18.6. The number of aromatic nitrogens is 4.